The maximum atomic E-state index is 12.1. The van der Waals surface area contributed by atoms with Gasteiger partial charge in [0, 0.05) is 5.69 Å². The molecule has 0 saturated carbocycles. The summed E-state index contributed by atoms with van der Waals surface area (Å²) in [5, 5.41) is 9.03. The van der Waals surface area contributed by atoms with Gasteiger partial charge in [0.25, 0.3) is 10.0 Å². The van der Waals surface area contributed by atoms with Crippen molar-refractivity contribution in [3.05, 3.63) is 59.7 Å². The van der Waals surface area contributed by atoms with Gasteiger partial charge in [-0.05, 0) is 36.8 Å². The summed E-state index contributed by atoms with van der Waals surface area (Å²) >= 11 is 0. The zero-order valence-corrected chi connectivity index (χ0v) is 11.3. The van der Waals surface area contributed by atoms with Crippen molar-refractivity contribution in [3.8, 4) is 0 Å². The quantitative estimate of drug-likeness (QED) is 0.901. The van der Waals surface area contributed by atoms with E-state index in [1.807, 2.05) is 6.92 Å². The van der Waals surface area contributed by atoms with Gasteiger partial charge in [-0.15, -0.1) is 0 Å². The number of rotatable bonds is 4. The van der Waals surface area contributed by atoms with Crippen molar-refractivity contribution >= 4 is 15.7 Å². The van der Waals surface area contributed by atoms with Crippen LogP contribution in [0, 0.1) is 6.92 Å². The fourth-order valence-corrected chi connectivity index (χ4v) is 2.71. The van der Waals surface area contributed by atoms with Crippen molar-refractivity contribution in [1.29, 1.82) is 0 Å². The molecular formula is C14H15NO3S. The topological polar surface area (TPSA) is 66.4 Å². The fraction of sp³-hybridized carbons (Fsp3) is 0.143. The van der Waals surface area contributed by atoms with Crippen LogP contribution in [0.5, 0.6) is 0 Å². The first-order valence-corrected chi connectivity index (χ1v) is 7.29. The first-order chi connectivity index (χ1) is 9.01. The van der Waals surface area contributed by atoms with E-state index in [-0.39, 0.29) is 11.5 Å². The van der Waals surface area contributed by atoms with Gasteiger partial charge in [-0.2, -0.15) is 0 Å². The van der Waals surface area contributed by atoms with Crippen LogP contribution in [0.3, 0.4) is 0 Å². The standard InChI is InChI=1S/C14H15NO3S/c1-11-5-7-14(8-6-11)19(17,18)15-13-4-2-3-12(9-13)10-16/h2-9,15-16H,10H2,1H3. The number of benzene rings is 2. The third kappa shape index (κ3) is 3.33. The number of anilines is 1. The molecule has 19 heavy (non-hydrogen) atoms. The van der Waals surface area contributed by atoms with Crippen molar-refractivity contribution in [1.82, 2.24) is 0 Å². The molecule has 0 unspecified atom stereocenters. The Hall–Kier alpha value is -1.85. The van der Waals surface area contributed by atoms with Gasteiger partial charge in [0.05, 0.1) is 11.5 Å². The van der Waals surface area contributed by atoms with Gasteiger partial charge in [-0.25, -0.2) is 8.42 Å². The lowest BCUT2D eigenvalue weighted by molar-refractivity contribution is 0.282. The van der Waals surface area contributed by atoms with Crippen LogP contribution in [0.2, 0.25) is 0 Å². The van der Waals surface area contributed by atoms with Crippen LogP contribution in [-0.4, -0.2) is 13.5 Å². The molecule has 0 spiro atoms. The Morgan fingerprint density at radius 3 is 2.42 bits per heavy atom. The maximum Gasteiger partial charge on any atom is 0.261 e. The number of aliphatic hydroxyl groups excluding tert-OH is 1. The third-order valence-corrected chi connectivity index (χ3v) is 4.09. The van der Waals surface area contributed by atoms with Crippen molar-refractivity contribution < 1.29 is 13.5 Å². The summed E-state index contributed by atoms with van der Waals surface area (Å²) in [6, 6.07) is 13.3. The van der Waals surface area contributed by atoms with Crippen molar-refractivity contribution in [3.63, 3.8) is 0 Å². The molecule has 0 aliphatic rings. The molecule has 0 fully saturated rings. The molecule has 0 aromatic heterocycles. The van der Waals surface area contributed by atoms with E-state index < -0.39 is 10.0 Å². The molecule has 0 atom stereocenters. The normalized spacial score (nSPS) is 11.3. The Balaban J connectivity index is 2.28. The Bertz CT molecular complexity index is 663. The predicted octanol–water partition coefficient (Wildman–Crippen LogP) is 2.29. The van der Waals surface area contributed by atoms with Gasteiger partial charge in [0.1, 0.15) is 0 Å². The van der Waals surface area contributed by atoms with E-state index in [4.69, 9.17) is 5.11 Å². The van der Waals surface area contributed by atoms with Crippen LogP contribution in [0.25, 0.3) is 0 Å². The Morgan fingerprint density at radius 2 is 1.79 bits per heavy atom. The van der Waals surface area contributed by atoms with Gasteiger partial charge >= 0.3 is 0 Å². The average Bonchev–Trinajstić information content (AvgIpc) is 2.39. The van der Waals surface area contributed by atoms with Crippen LogP contribution < -0.4 is 4.72 Å². The third-order valence-electron chi connectivity index (χ3n) is 2.69. The van der Waals surface area contributed by atoms with Crippen LogP contribution in [-0.2, 0) is 16.6 Å². The highest BCUT2D eigenvalue weighted by molar-refractivity contribution is 7.92. The number of nitrogens with one attached hydrogen (secondary N) is 1. The molecule has 2 rings (SSSR count). The summed E-state index contributed by atoms with van der Waals surface area (Å²) in [6.07, 6.45) is 0. The molecule has 0 saturated heterocycles. The summed E-state index contributed by atoms with van der Waals surface area (Å²) < 4.78 is 26.8. The van der Waals surface area contributed by atoms with Crippen molar-refractivity contribution in [2.45, 2.75) is 18.4 Å². The molecule has 0 aliphatic heterocycles. The van der Waals surface area contributed by atoms with Crippen LogP contribution in [0.1, 0.15) is 11.1 Å². The summed E-state index contributed by atoms with van der Waals surface area (Å²) in [7, 11) is -3.59. The molecule has 4 nitrogen and oxygen atoms in total. The molecule has 2 N–H and O–H groups in total. The van der Waals surface area contributed by atoms with E-state index in [2.05, 4.69) is 4.72 Å². The second-order valence-electron chi connectivity index (χ2n) is 4.28. The molecule has 2 aromatic carbocycles. The predicted molar refractivity (Wildman–Crippen MR) is 74.4 cm³/mol. The van der Waals surface area contributed by atoms with E-state index in [9.17, 15) is 8.42 Å². The van der Waals surface area contributed by atoms with Crippen LogP contribution in [0.15, 0.2) is 53.4 Å². The fourth-order valence-electron chi connectivity index (χ4n) is 1.66. The first kappa shape index (κ1) is 13.6. The molecule has 0 aliphatic carbocycles. The number of aliphatic hydroxyl groups is 1. The maximum absolute atomic E-state index is 12.1. The molecular weight excluding hydrogens is 262 g/mol. The lowest BCUT2D eigenvalue weighted by atomic mass is 10.2. The van der Waals surface area contributed by atoms with Crippen molar-refractivity contribution in [2.75, 3.05) is 4.72 Å². The van der Waals surface area contributed by atoms with Gasteiger partial charge < -0.3 is 5.11 Å². The molecule has 0 bridgehead atoms. The zero-order chi connectivity index (χ0) is 13.9. The van der Waals surface area contributed by atoms with Gasteiger partial charge in [-0.3, -0.25) is 4.72 Å². The van der Waals surface area contributed by atoms with E-state index in [1.54, 1.807) is 48.5 Å². The van der Waals surface area contributed by atoms with Gasteiger partial charge in [-0.1, -0.05) is 29.8 Å². The monoisotopic (exact) mass is 277 g/mol. The largest absolute Gasteiger partial charge is 0.392 e. The van der Waals surface area contributed by atoms with E-state index in [0.29, 0.717) is 11.3 Å². The minimum Gasteiger partial charge on any atom is -0.392 e. The Kier molecular flexibility index (Phi) is 3.87. The molecule has 0 heterocycles. The molecule has 5 heteroatoms. The molecule has 0 amide bonds. The number of sulfonamides is 1. The first-order valence-electron chi connectivity index (χ1n) is 5.80. The highest BCUT2D eigenvalue weighted by Crippen LogP contribution is 2.17. The number of hydrogen-bond donors (Lipinski definition) is 2. The Morgan fingerprint density at radius 1 is 1.11 bits per heavy atom. The van der Waals surface area contributed by atoms with Gasteiger partial charge in [0.15, 0.2) is 0 Å². The molecule has 2 aromatic rings. The smallest absolute Gasteiger partial charge is 0.261 e. The van der Waals surface area contributed by atoms with Crippen LogP contribution in [0.4, 0.5) is 5.69 Å². The van der Waals surface area contributed by atoms with E-state index in [0.717, 1.165) is 5.56 Å². The second kappa shape index (κ2) is 5.42. The highest BCUT2D eigenvalue weighted by Gasteiger charge is 2.13. The highest BCUT2D eigenvalue weighted by atomic mass is 32.2. The summed E-state index contributed by atoms with van der Waals surface area (Å²) in [4.78, 5) is 0.215. The molecule has 0 radical (unpaired) electrons. The van der Waals surface area contributed by atoms with Crippen LogP contribution >= 0.6 is 0 Å². The lowest BCUT2D eigenvalue weighted by Crippen LogP contribution is -2.13. The number of aryl methyl sites for hydroxylation is 1. The lowest BCUT2D eigenvalue weighted by Gasteiger charge is -2.09. The minimum atomic E-state index is -3.59. The Labute approximate surface area is 112 Å². The summed E-state index contributed by atoms with van der Waals surface area (Å²) in [5.74, 6) is 0. The van der Waals surface area contributed by atoms with Gasteiger partial charge in [0.2, 0.25) is 0 Å². The zero-order valence-electron chi connectivity index (χ0n) is 10.5. The molecule has 100 valence electrons. The average molecular weight is 277 g/mol. The van der Waals surface area contributed by atoms with E-state index in [1.165, 1.54) is 0 Å². The summed E-state index contributed by atoms with van der Waals surface area (Å²) in [6.45, 7) is 1.77. The minimum absolute atomic E-state index is 0.125. The second-order valence-corrected chi connectivity index (χ2v) is 5.96. The SMILES string of the molecule is Cc1ccc(S(=O)(=O)Nc2cccc(CO)c2)cc1. The number of hydrogen-bond acceptors (Lipinski definition) is 3. The van der Waals surface area contributed by atoms with E-state index >= 15 is 0 Å². The van der Waals surface area contributed by atoms with Crippen molar-refractivity contribution in [2.24, 2.45) is 0 Å². The summed E-state index contributed by atoms with van der Waals surface area (Å²) in [5.41, 5.74) is 2.09.